The van der Waals surface area contributed by atoms with E-state index in [4.69, 9.17) is 10.0 Å². The lowest BCUT2D eigenvalue weighted by Crippen LogP contribution is -2.33. The molecule has 0 bridgehead atoms. The lowest BCUT2D eigenvalue weighted by atomic mass is 9.78. The summed E-state index contributed by atoms with van der Waals surface area (Å²) in [6, 6.07) is 1.84. The molecule has 0 atom stereocenters. The molecule has 2 N–H and O–H groups in total. The molecule has 2 rings (SSSR count). The van der Waals surface area contributed by atoms with Gasteiger partial charge in [0.25, 0.3) is 0 Å². The van der Waals surface area contributed by atoms with E-state index in [0.29, 0.717) is 10.0 Å². The molecule has 0 spiro atoms. The normalized spacial score (nSPS) is 16.1. The van der Waals surface area contributed by atoms with Crippen molar-refractivity contribution in [3.8, 4) is 0 Å². The first-order valence-corrected chi connectivity index (χ1v) is 5.86. The Balaban J connectivity index is 2.56. The lowest BCUT2D eigenvalue weighted by Gasteiger charge is -2.14. The van der Waals surface area contributed by atoms with Crippen LogP contribution in [0, 0.1) is 0 Å². The minimum Gasteiger partial charge on any atom is -0.423 e. The van der Waals surface area contributed by atoms with Crippen LogP contribution in [0.5, 0.6) is 0 Å². The van der Waals surface area contributed by atoms with E-state index in [9.17, 15) is 13.2 Å². The summed E-state index contributed by atoms with van der Waals surface area (Å²) < 4.78 is 38.3. The van der Waals surface area contributed by atoms with Crippen LogP contribution in [0.15, 0.2) is 16.6 Å². The van der Waals surface area contributed by atoms with Crippen molar-refractivity contribution >= 4 is 28.5 Å². The number of hydrogen-bond acceptors (Lipinski definition) is 2. The van der Waals surface area contributed by atoms with Gasteiger partial charge >= 0.3 is 13.3 Å². The third-order valence-corrected chi connectivity index (χ3v) is 3.67. The molecule has 0 unspecified atom stereocenters. The van der Waals surface area contributed by atoms with Crippen LogP contribution in [0.4, 0.5) is 13.2 Å². The van der Waals surface area contributed by atoms with E-state index in [-0.39, 0.29) is 11.4 Å². The van der Waals surface area contributed by atoms with E-state index in [1.807, 2.05) is 0 Å². The molecule has 1 aliphatic carbocycles. The average molecular weight is 309 g/mol. The summed E-state index contributed by atoms with van der Waals surface area (Å²) in [6.45, 7) is 0. The summed E-state index contributed by atoms with van der Waals surface area (Å²) in [7, 11) is -1.91. The number of alkyl halides is 3. The van der Waals surface area contributed by atoms with Gasteiger partial charge in [-0.1, -0.05) is 15.9 Å². The van der Waals surface area contributed by atoms with E-state index >= 15 is 0 Å². The highest BCUT2D eigenvalue weighted by atomic mass is 79.9. The van der Waals surface area contributed by atoms with Crippen molar-refractivity contribution in [1.29, 1.82) is 0 Å². The van der Waals surface area contributed by atoms with Gasteiger partial charge in [0.2, 0.25) is 0 Å². The van der Waals surface area contributed by atoms with Crippen molar-refractivity contribution in [3.63, 3.8) is 0 Å². The maximum Gasteiger partial charge on any atom is 0.489 e. The number of benzene rings is 1. The van der Waals surface area contributed by atoms with Crippen LogP contribution in [0.25, 0.3) is 0 Å². The third-order valence-electron chi connectivity index (χ3n) is 2.75. The SMILES string of the molecule is OB(O)c1cc(C(F)(F)F)cc(C2CC2)c1Br. The molecule has 0 heterocycles. The monoisotopic (exact) mass is 308 g/mol. The van der Waals surface area contributed by atoms with Gasteiger partial charge in [0.15, 0.2) is 0 Å². The molecular formula is C10H9BBrF3O2. The van der Waals surface area contributed by atoms with Gasteiger partial charge in [0, 0.05) is 4.47 Å². The minimum atomic E-state index is -4.48. The zero-order valence-electron chi connectivity index (χ0n) is 8.63. The highest BCUT2D eigenvalue weighted by Crippen LogP contribution is 2.44. The highest BCUT2D eigenvalue weighted by molar-refractivity contribution is 9.10. The number of hydrogen-bond donors (Lipinski definition) is 2. The van der Waals surface area contributed by atoms with Crippen LogP contribution in [0.2, 0.25) is 0 Å². The largest absolute Gasteiger partial charge is 0.489 e. The van der Waals surface area contributed by atoms with Gasteiger partial charge in [-0.15, -0.1) is 0 Å². The summed E-state index contributed by atoms with van der Waals surface area (Å²) in [5.74, 6) is 0.0872. The summed E-state index contributed by atoms with van der Waals surface area (Å²) >= 11 is 3.14. The summed E-state index contributed by atoms with van der Waals surface area (Å²) in [6.07, 6.45) is -2.81. The molecule has 1 aromatic rings. The van der Waals surface area contributed by atoms with Crippen LogP contribution < -0.4 is 5.46 Å². The first-order valence-electron chi connectivity index (χ1n) is 5.07. The number of rotatable bonds is 2. The fourth-order valence-corrected chi connectivity index (χ4v) is 2.47. The van der Waals surface area contributed by atoms with Gasteiger partial charge in [0.05, 0.1) is 5.56 Å². The second-order valence-electron chi connectivity index (χ2n) is 4.11. The molecule has 1 saturated carbocycles. The van der Waals surface area contributed by atoms with Crippen LogP contribution >= 0.6 is 15.9 Å². The maximum atomic E-state index is 12.6. The molecule has 7 heteroatoms. The van der Waals surface area contributed by atoms with E-state index in [1.165, 1.54) is 0 Å². The zero-order valence-corrected chi connectivity index (χ0v) is 10.2. The van der Waals surface area contributed by atoms with Gasteiger partial charge in [-0.3, -0.25) is 0 Å². The van der Waals surface area contributed by atoms with E-state index in [0.717, 1.165) is 25.0 Å². The molecule has 92 valence electrons. The van der Waals surface area contributed by atoms with Crippen LogP contribution in [-0.4, -0.2) is 17.2 Å². The lowest BCUT2D eigenvalue weighted by molar-refractivity contribution is -0.137. The van der Waals surface area contributed by atoms with Gasteiger partial charge in [0.1, 0.15) is 0 Å². The van der Waals surface area contributed by atoms with Gasteiger partial charge in [-0.25, -0.2) is 0 Å². The maximum absolute atomic E-state index is 12.6. The second-order valence-corrected chi connectivity index (χ2v) is 4.91. The molecule has 0 amide bonds. The summed E-state index contributed by atoms with van der Waals surface area (Å²) in [4.78, 5) is 0. The molecule has 0 aromatic heterocycles. The van der Waals surface area contributed by atoms with Crippen LogP contribution in [0.3, 0.4) is 0 Å². The molecule has 0 radical (unpaired) electrons. The Labute approximate surface area is 105 Å². The van der Waals surface area contributed by atoms with E-state index in [1.54, 1.807) is 0 Å². The Kier molecular flexibility index (Phi) is 3.26. The minimum absolute atomic E-state index is 0.0872. The average Bonchev–Trinajstić information content (AvgIpc) is 2.99. The topological polar surface area (TPSA) is 40.5 Å². The van der Waals surface area contributed by atoms with E-state index < -0.39 is 18.9 Å². The number of halogens is 4. The molecule has 1 aromatic carbocycles. The highest BCUT2D eigenvalue weighted by Gasteiger charge is 2.36. The Morgan fingerprint density at radius 3 is 2.24 bits per heavy atom. The van der Waals surface area contributed by atoms with Gasteiger partial charge in [-0.05, 0) is 41.9 Å². The predicted octanol–water partition coefficient (Wildman–Crippen LogP) is 2.03. The molecule has 17 heavy (non-hydrogen) atoms. The zero-order chi connectivity index (χ0) is 12.8. The van der Waals surface area contributed by atoms with Crippen molar-refractivity contribution < 1.29 is 23.2 Å². The van der Waals surface area contributed by atoms with Crippen molar-refractivity contribution in [3.05, 3.63) is 27.7 Å². The first-order chi connectivity index (χ1) is 7.80. The smallest absolute Gasteiger partial charge is 0.423 e. The van der Waals surface area contributed by atoms with Crippen LogP contribution in [-0.2, 0) is 6.18 Å². The third kappa shape index (κ3) is 2.66. The van der Waals surface area contributed by atoms with Crippen molar-refractivity contribution in [2.24, 2.45) is 0 Å². The summed E-state index contributed by atoms with van der Waals surface area (Å²) in [5, 5.41) is 18.2. The standard InChI is InChI=1S/C10H9BBrF3O2/c12-9-7(5-1-2-5)3-6(10(13,14)15)4-8(9)11(16)17/h3-5,16-17H,1-2H2. The van der Waals surface area contributed by atoms with E-state index in [2.05, 4.69) is 15.9 Å². The molecular weight excluding hydrogens is 300 g/mol. The summed E-state index contributed by atoms with van der Waals surface area (Å²) in [5.41, 5.74) is -0.477. The predicted molar refractivity (Wildman–Crippen MR) is 60.9 cm³/mol. The quantitative estimate of drug-likeness (QED) is 0.821. The fraction of sp³-hybridized carbons (Fsp3) is 0.400. The molecule has 1 aliphatic rings. The Bertz CT molecular complexity index is 421. The Hall–Kier alpha value is -0.525. The van der Waals surface area contributed by atoms with Crippen LogP contribution in [0.1, 0.15) is 29.9 Å². The fourth-order valence-electron chi connectivity index (χ4n) is 1.71. The molecule has 0 aliphatic heterocycles. The Morgan fingerprint density at radius 1 is 1.24 bits per heavy atom. The second kappa shape index (κ2) is 4.30. The van der Waals surface area contributed by atoms with Crippen molar-refractivity contribution in [2.45, 2.75) is 24.9 Å². The molecule has 1 fully saturated rings. The van der Waals surface area contributed by atoms with Crippen molar-refractivity contribution in [1.82, 2.24) is 0 Å². The molecule has 2 nitrogen and oxygen atoms in total. The van der Waals surface area contributed by atoms with Gasteiger partial charge < -0.3 is 10.0 Å². The Morgan fingerprint density at radius 2 is 1.82 bits per heavy atom. The van der Waals surface area contributed by atoms with Crippen molar-refractivity contribution in [2.75, 3.05) is 0 Å². The van der Waals surface area contributed by atoms with Gasteiger partial charge in [-0.2, -0.15) is 13.2 Å². The molecule has 0 saturated heterocycles. The first kappa shape index (κ1) is 12.9.